The number of piperazine rings is 1. The van der Waals surface area contributed by atoms with Crippen molar-refractivity contribution in [2.45, 2.75) is 39.3 Å². The van der Waals surface area contributed by atoms with E-state index in [-0.39, 0.29) is 5.54 Å². The summed E-state index contributed by atoms with van der Waals surface area (Å²) in [5.74, 6) is 0. The SMILES string of the molecule is Cc1cc(Cl)ccc1C(CN)N1CCN(C(C)(C)C)CC1. The van der Waals surface area contributed by atoms with Crippen LogP contribution in [0.2, 0.25) is 5.02 Å². The zero-order valence-corrected chi connectivity index (χ0v) is 14.5. The van der Waals surface area contributed by atoms with Gasteiger partial charge in [-0.1, -0.05) is 17.7 Å². The Bertz CT molecular complexity index is 473. The topological polar surface area (TPSA) is 32.5 Å². The Morgan fingerprint density at radius 3 is 2.29 bits per heavy atom. The molecule has 2 N–H and O–H groups in total. The summed E-state index contributed by atoms with van der Waals surface area (Å²) in [4.78, 5) is 5.06. The van der Waals surface area contributed by atoms with Crippen molar-refractivity contribution < 1.29 is 0 Å². The Hall–Kier alpha value is -0.610. The van der Waals surface area contributed by atoms with Crippen LogP contribution in [0, 0.1) is 6.92 Å². The maximum absolute atomic E-state index is 6.07. The van der Waals surface area contributed by atoms with Gasteiger partial charge in [0.1, 0.15) is 0 Å². The van der Waals surface area contributed by atoms with Crippen LogP contribution in [0.25, 0.3) is 0 Å². The van der Waals surface area contributed by atoms with Crippen molar-refractivity contribution >= 4 is 11.6 Å². The van der Waals surface area contributed by atoms with Crippen LogP contribution in [0.1, 0.15) is 37.9 Å². The van der Waals surface area contributed by atoms with Crippen LogP contribution >= 0.6 is 11.6 Å². The average Bonchev–Trinajstić information content (AvgIpc) is 2.41. The molecule has 1 unspecified atom stereocenters. The molecule has 21 heavy (non-hydrogen) atoms. The summed E-state index contributed by atoms with van der Waals surface area (Å²) >= 11 is 6.07. The number of nitrogens with two attached hydrogens (primary N) is 1. The quantitative estimate of drug-likeness (QED) is 0.931. The van der Waals surface area contributed by atoms with Crippen LogP contribution in [-0.4, -0.2) is 48.1 Å². The first-order valence-corrected chi connectivity index (χ1v) is 8.16. The van der Waals surface area contributed by atoms with Crippen LogP contribution < -0.4 is 5.73 Å². The molecule has 1 aromatic rings. The van der Waals surface area contributed by atoms with Crippen LogP contribution in [0.5, 0.6) is 0 Å². The second-order valence-corrected chi connectivity index (χ2v) is 7.38. The number of halogens is 1. The van der Waals surface area contributed by atoms with Gasteiger partial charge in [0.25, 0.3) is 0 Å². The first kappa shape index (κ1) is 16.8. The van der Waals surface area contributed by atoms with Gasteiger partial charge in [-0.25, -0.2) is 0 Å². The van der Waals surface area contributed by atoms with E-state index in [1.54, 1.807) is 0 Å². The van der Waals surface area contributed by atoms with E-state index in [9.17, 15) is 0 Å². The van der Waals surface area contributed by atoms with Gasteiger partial charge in [-0.15, -0.1) is 0 Å². The molecule has 1 heterocycles. The second kappa shape index (κ2) is 6.66. The first-order valence-electron chi connectivity index (χ1n) is 7.78. The van der Waals surface area contributed by atoms with E-state index in [2.05, 4.69) is 43.6 Å². The van der Waals surface area contributed by atoms with Gasteiger partial charge in [0.15, 0.2) is 0 Å². The zero-order valence-electron chi connectivity index (χ0n) is 13.7. The van der Waals surface area contributed by atoms with Gasteiger partial charge in [-0.2, -0.15) is 0 Å². The third-order valence-corrected chi connectivity index (χ3v) is 4.75. The van der Waals surface area contributed by atoms with Crippen LogP contribution in [0.4, 0.5) is 0 Å². The molecule has 0 radical (unpaired) electrons. The number of aryl methyl sites for hydroxylation is 1. The Morgan fingerprint density at radius 2 is 1.81 bits per heavy atom. The normalized spacial score (nSPS) is 19.7. The molecule has 2 rings (SSSR count). The van der Waals surface area contributed by atoms with Gasteiger partial charge in [0.05, 0.1) is 0 Å². The Kier molecular flexibility index (Phi) is 5.31. The minimum Gasteiger partial charge on any atom is -0.329 e. The lowest BCUT2D eigenvalue weighted by Crippen LogP contribution is -2.54. The van der Waals surface area contributed by atoms with E-state index in [0.29, 0.717) is 12.6 Å². The van der Waals surface area contributed by atoms with Crippen molar-refractivity contribution in [2.24, 2.45) is 5.73 Å². The largest absolute Gasteiger partial charge is 0.329 e. The van der Waals surface area contributed by atoms with Crippen molar-refractivity contribution in [3.8, 4) is 0 Å². The van der Waals surface area contributed by atoms with Gasteiger partial charge in [0.2, 0.25) is 0 Å². The smallest absolute Gasteiger partial charge is 0.0474 e. The molecule has 3 nitrogen and oxygen atoms in total. The van der Waals surface area contributed by atoms with E-state index in [0.717, 1.165) is 31.2 Å². The number of hydrogen-bond donors (Lipinski definition) is 1. The fourth-order valence-corrected chi connectivity index (χ4v) is 3.42. The van der Waals surface area contributed by atoms with Crippen molar-refractivity contribution in [3.05, 3.63) is 34.3 Å². The number of benzene rings is 1. The molecular formula is C17H28ClN3. The van der Waals surface area contributed by atoms with E-state index >= 15 is 0 Å². The number of hydrogen-bond acceptors (Lipinski definition) is 3. The van der Waals surface area contributed by atoms with Gasteiger partial charge in [-0.3, -0.25) is 9.80 Å². The second-order valence-electron chi connectivity index (χ2n) is 6.95. The third-order valence-electron chi connectivity index (χ3n) is 4.52. The minimum absolute atomic E-state index is 0.250. The summed E-state index contributed by atoms with van der Waals surface area (Å²) in [5, 5.41) is 0.796. The third kappa shape index (κ3) is 3.98. The monoisotopic (exact) mass is 309 g/mol. The highest BCUT2D eigenvalue weighted by atomic mass is 35.5. The Balaban J connectivity index is 2.09. The molecule has 1 aliphatic rings. The van der Waals surface area contributed by atoms with Crippen LogP contribution in [0.15, 0.2) is 18.2 Å². The molecule has 4 heteroatoms. The van der Waals surface area contributed by atoms with Gasteiger partial charge in [-0.05, 0) is 51.0 Å². The summed E-state index contributed by atoms with van der Waals surface area (Å²) in [6, 6.07) is 6.43. The minimum atomic E-state index is 0.250. The maximum atomic E-state index is 6.07. The maximum Gasteiger partial charge on any atom is 0.0474 e. The first-order chi connectivity index (χ1) is 9.82. The summed E-state index contributed by atoms with van der Waals surface area (Å²) in [6.07, 6.45) is 0. The van der Waals surface area contributed by atoms with Gasteiger partial charge < -0.3 is 5.73 Å². The predicted octanol–water partition coefficient (Wildman–Crippen LogP) is 3.06. The van der Waals surface area contributed by atoms with E-state index in [1.807, 2.05) is 12.1 Å². The fraction of sp³-hybridized carbons (Fsp3) is 0.647. The lowest BCUT2D eigenvalue weighted by Gasteiger charge is -2.44. The molecule has 1 aliphatic heterocycles. The number of nitrogens with zero attached hydrogens (tertiary/aromatic N) is 2. The van der Waals surface area contributed by atoms with E-state index < -0.39 is 0 Å². The van der Waals surface area contributed by atoms with Crippen molar-refractivity contribution in [1.82, 2.24) is 9.80 Å². The zero-order chi connectivity index (χ0) is 15.6. The standard InChI is InChI=1S/C17H28ClN3/c1-13-11-14(18)5-6-15(13)16(12-19)20-7-9-21(10-8-20)17(2,3)4/h5-6,11,16H,7-10,12,19H2,1-4H3. The van der Waals surface area contributed by atoms with E-state index in [1.165, 1.54) is 11.1 Å². The molecule has 1 saturated heterocycles. The molecule has 0 bridgehead atoms. The lowest BCUT2D eigenvalue weighted by atomic mass is 9.98. The molecule has 0 amide bonds. The average molecular weight is 310 g/mol. The van der Waals surface area contributed by atoms with Crippen molar-refractivity contribution in [2.75, 3.05) is 32.7 Å². The van der Waals surface area contributed by atoms with Gasteiger partial charge >= 0.3 is 0 Å². The molecule has 0 saturated carbocycles. The summed E-state index contributed by atoms with van der Waals surface area (Å²) in [6.45, 7) is 14.0. The Labute approximate surface area is 134 Å². The summed E-state index contributed by atoms with van der Waals surface area (Å²) in [5.41, 5.74) is 8.87. The highest BCUT2D eigenvalue weighted by Crippen LogP contribution is 2.27. The van der Waals surface area contributed by atoms with Crippen LogP contribution in [-0.2, 0) is 0 Å². The van der Waals surface area contributed by atoms with Crippen molar-refractivity contribution in [1.29, 1.82) is 0 Å². The molecule has 1 aromatic carbocycles. The van der Waals surface area contributed by atoms with Gasteiger partial charge in [0, 0.05) is 49.3 Å². The Morgan fingerprint density at radius 1 is 1.19 bits per heavy atom. The molecule has 118 valence electrons. The number of rotatable bonds is 3. The summed E-state index contributed by atoms with van der Waals surface area (Å²) < 4.78 is 0. The molecule has 0 aromatic heterocycles. The summed E-state index contributed by atoms with van der Waals surface area (Å²) in [7, 11) is 0. The molecule has 0 spiro atoms. The lowest BCUT2D eigenvalue weighted by molar-refractivity contribution is 0.0432. The predicted molar refractivity (Wildman–Crippen MR) is 90.9 cm³/mol. The van der Waals surface area contributed by atoms with E-state index in [4.69, 9.17) is 17.3 Å². The fourth-order valence-electron chi connectivity index (χ4n) is 3.19. The van der Waals surface area contributed by atoms with Crippen LogP contribution in [0.3, 0.4) is 0 Å². The molecular weight excluding hydrogens is 282 g/mol. The molecule has 1 fully saturated rings. The molecule has 1 atom stereocenters. The molecule has 0 aliphatic carbocycles. The van der Waals surface area contributed by atoms with Crippen molar-refractivity contribution in [3.63, 3.8) is 0 Å². The highest BCUT2D eigenvalue weighted by molar-refractivity contribution is 6.30. The highest BCUT2D eigenvalue weighted by Gasteiger charge is 2.29.